The van der Waals surface area contributed by atoms with E-state index in [0.717, 1.165) is 23.9 Å². The molecule has 9 heteroatoms. The van der Waals surface area contributed by atoms with Gasteiger partial charge in [0.15, 0.2) is 16.7 Å². The SMILES string of the molecule is O=C(Cc1csc(N2CCOCC2)n1)NCc1ccc(Oc2cccnc2)c(F)c1. The summed E-state index contributed by atoms with van der Waals surface area (Å²) in [4.78, 5) is 22.9. The second-order valence-corrected chi connectivity index (χ2v) is 7.57. The predicted molar refractivity (Wildman–Crippen MR) is 111 cm³/mol. The summed E-state index contributed by atoms with van der Waals surface area (Å²) < 4.78 is 25.1. The number of nitrogens with zero attached hydrogens (tertiary/aromatic N) is 3. The summed E-state index contributed by atoms with van der Waals surface area (Å²) in [5.74, 6) is -0.0986. The Hall–Kier alpha value is -3.04. The van der Waals surface area contributed by atoms with E-state index >= 15 is 0 Å². The predicted octanol–water partition coefficient (Wildman–Crippen LogP) is 3.17. The number of pyridine rings is 1. The molecule has 0 radical (unpaired) electrons. The Morgan fingerprint density at radius 3 is 2.93 bits per heavy atom. The standard InChI is InChI=1S/C21H21FN4O3S/c22-18-10-15(3-4-19(18)29-17-2-1-5-23-13-17)12-24-20(27)11-16-14-30-21(25-16)26-6-8-28-9-7-26/h1-5,10,13-14H,6-9,11-12H2,(H,24,27). The molecule has 0 saturated carbocycles. The average molecular weight is 428 g/mol. The second-order valence-electron chi connectivity index (χ2n) is 6.73. The van der Waals surface area contributed by atoms with Crippen LogP contribution in [0.25, 0.3) is 0 Å². The maximum atomic E-state index is 14.3. The summed E-state index contributed by atoms with van der Waals surface area (Å²) in [6.45, 7) is 3.23. The molecule has 0 unspecified atom stereocenters. The van der Waals surface area contributed by atoms with Gasteiger partial charge in [-0.15, -0.1) is 11.3 Å². The van der Waals surface area contributed by atoms with Gasteiger partial charge in [-0.2, -0.15) is 0 Å². The second kappa shape index (κ2) is 9.64. The quantitative estimate of drug-likeness (QED) is 0.623. The fourth-order valence-corrected chi connectivity index (χ4v) is 3.86. The highest BCUT2D eigenvalue weighted by Crippen LogP contribution is 2.25. The Morgan fingerprint density at radius 2 is 2.17 bits per heavy atom. The van der Waals surface area contributed by atoms with Crippen LogP contribution in [0.5, 0.6) is 11.5 Å². The minimum atomic E-state index is -0.500. The van der Waals surface area contributed by atoms with E-state index in [1.54, 1.807) is 30.5 Å². The lowest BCUT2D eigenvalue weighted by Crippen LogP contribution is -2.36. The van der Waals surface area contributed by atoms with Crippen molar-refractivity contribution in [2.24, 2.45) is 0 Å². The summed E-state index contributed by atoms with van der Waals surface area (Å²) >= 11 is 1.53. The molecule has 2 aromatic heterocycles. The van der Waals surface area contributed by atoms with Crippen molar-refractivity contribution in [3.05, 3.63) is 65.2 Å². The minimum Gasteiger partial charge on any atom is -0.453 e. The van der Waals surface area contributed by atoms with Crippen molar-refractivity contribution < 1.29 is 18.7 Å². The van der Waals surface area contributed by atoms with Crippen LogP contribution in [0.1, 0.15) is 11.3 Å². The van der Waals surface area contributed by atoms with Crippen molar-refractivity contribution in [2.75, 3.05) is 31.2 Å². The van der Waals surface area contributed by atoms with Crippen LogP contribution in [0.2, 0.25) is 0 Å². The van der Waals surface area contributed by atoms with E-state index < -0.39 is 5.82 Å². The lowest BCUT2D eigenvalue weighted by Gasteiger charge is -2.26. The van der Waals surface area contributed by atoms with E-state index in [0.29, 0.717) is 24.5 Å². The third-order valence-electron chi connectivity index (χ3n) is 4.51. The molecule has 0 spiro atoms. The smallest absolute Gasteiger partial charge is 0.226 e. The molecule has 0 aliphatic carbocycles. The third-order valence-corrected chi connectivity index (χ3v) is 5.46. The average Bonchev–Trinajstić information content (AvgIpc) is 3.24. The zero-order valence-electron chi connectivity index (χ0n) is 16.2. The summed E-state index contributed by atoms with van der Waals surface area (Å²) in [7, 11) is 0. The molecule has 0 bridgehead atoms. The molecule has 156 valence electrons. The number of nitrogens with one attached hydrogen (secondary N) is 1. The van der Waals surface area contributed by atoms with Crippen LogP contribution in [0.4, 0.5) is 9.52 Å². The molecule has 1 amide bonds. The van der Waals surface area contributed by atoms with E-state index in [1.807, 2.05) is 5.38 Å². The third kappa shape index (κ3) is 5.31. The number of carbonyl (C=O) groups excluding carboxylic acids is 1. The van der Waals surface area contributed by atoms with Gasteiger partial charge < -0.3 is 19.7 Å². The van der Waals surface area contributed by atoms with Gasteiger partial charge in [0, 0.05) is 31.2 Å². The van der Waals surface area contributed by atoms with Crippen LogP contribution >= 0.6 is 11.3 Å². The molecule has 1 fully saturated rings. The number of benzene rings is 1. The van der Waals surface area contributed by atoms with Gasteiger partial charge >= 0.3 is 0 Å². The number of anilines is 1. The Bertz CT molecular complexity index is 993. The largest absolute Gasteiger partial charge is 0.453 e. The van der Waals surface area contributed by atoms with Crippen molar-refractivity contribution in [1.82, 2.24) is 15.3 Å². The maximum Gasteiger partial charge on any atom is 0.226 e. The minimum absolute atomic E-state index is 0.108. The fourth-order valence-electron chi connectivity index (χ4n) is 2.98. The Balaban J connectivity index is 1.28. The van der Waals surface area contributed by atoms with Crippen LogP contribution in [0.3, 0.4) is 0 Å². The number of hydrogen-bond donors (Lipinski definition) is 1. The molecule has 0 atom stereocenters. The summed E-state index contributed by atoms with van der Waals surface area (Å²) in [5, 5.41) is 5.61. The van der Waals surface area contributed by atoms with Gasteiger partial charge in [-0.05, 0) is 29.8 Å². The monoisotopic (exact) mass is 428 g/mol. The number of thiazole rings is 1. The summed E-state index contributed by atoms with van der Waals surface area (Å²) in [6.07, 6.45) is 3.31. The van der Waals surface area contributed by atoms with E-state index in [9.17, 15) is 9.18 Å². The van der Waals surface area contributed by atoms with Gasteiger partial charge in [0.25, 0.3) is 0 Å². The first-order valence-corrected chi connectivity index (χ1v) is 10.5. The Morgan fingerprint density at radius 1 is 1.30 bits per heavy atom. The molecule has 3 aromatic rings. The molecule has 7 nitrogen and oxygen atoms in total. The maximum absolute atomic E-state index is 14.3. The van der Waals surface area contributed by atoms with Crippen LogP contribution in [0.15, 0.2) is 48.1 Å². The normalized spacial score (nSPS) is 13.8. The van der Waals surface area contributed by atoms with E-state index in [4.69, 9.17) is 9.47 Å². The van der Waals surface area contributed by atoms with Crippen molar-refractivity contribution in [3.8, 4) is 11.5 Å². The van der Waals surface area contributed by atoms with Crippen molar-refractivity contribution in [2.45, 2.75) is 13.0 Å². The molecule has 1 N–H and O–H groups in total. The molecule has 1 aliphatic heterocycles. The highest BCUT2D eigenvalue weighted by atomic mass is 32.1. The number of amides is 1. The van der Waals surface area contributed by atoms with Gasteiger partial charge in [-0.25, -0.2) is 9.37 Å². The fraction of sp³-hybridized carbons (Fsp3) is 0.286. The number of carbonyl (C=O) groups is 1. The van der Waals surface area contributed by atoms with Crippen molar-refractivity contribution >= 4 is 22.4 Å². The Kier molecular flexibility index (Phi) is 6.50. The van der Waals surface area contributed by atoms with Gasteiger partial charge in [-0.3, -0.25) is 9.78 Å². The number of aromatic nitrogens is 2. The number of hydrogen-bond acceptors (Lipinski definition) is 7. The van der Waals surface area contributed by atoms with Gasteiger partial charge in [0.1, 0.15) is 5.75 Å². The molecular formula is C21H21FN4O3S. The zero-order valence-corrected chi connectivity index (χ0v) is 17.0. The first kappa shape index (κ1) is 20.2. The highest BCUT2D eigenvalue weighted by Gasteiger charge is 2.16. The lowest BCUT2D eigenvalue weighted by atomic mass is 10.2. The zero-order chi connectivity index (χ0) is 20.8. The molecular weight excluding hydrogens is 407 g/mol. The highest BCUT2D eigenvalue weighted by molar-refractivity contribution is 7.13. The molecule has 30 heavy (non-hydrogen) atoms. The summed E-state index contributed by atoms with van der Waals surface area (Å²) in [5.41, 5.74) is 1.37. The van der Waals surface area contributed by atoms with Gasteiger partial charge in [0.2, 0.25) is 5.91 Å². The van der Waals surface area contributed by atoms with E-state index in [1.165, 1.54) is 23.6 Å². The van der Waals surface area contributed by atoms with Crippen LogP contribution < -0.4 is 15.0 Å². The van der Waals surface area contributed by atoms with E-state index in [-0.39, 0.29) is 24.6 Å². The van der Waals surface area contributed by atoms with Crippen molar-refractivity contribution in [3.63, 3.8) is 0 Å². The number of ether oxygens (including phenoxy) is 2. The van der Waals surface area contributed by atoms with Crippen LogP contribution in [0, 0.1) is 5.82 Å². The first-order valence-electron chi connectivity index (χ1n) is 9.57. The Labute approximate surface area is 177 Å². The summed E-state index contributed by atoms with van der Waals surface area (Å²) in [6, 6.07) is 8.02. The first-order chi connectivity index (χ1) is 14.7. The molecule has 1 aromatic carbocycles. The number of halogens is 1. The molecule has 3 heterocycles. The van der Waals surface area contributed by atoms with E-state index in [2.05, 4.69) is 20.2 Å². The lowest BCUT2D eigenvalue weighted by molar-refractivity contribution is -0.120. The number of rotatable bonds is 7. The van der Waals surface area contributed by atoms with Crippen molar-refractivity contribution in [1.29, 1.82) is 0 Å². The molecule has 1 aliphatic rings. The van der Waals surface area contributed by atoms with Crippen LogP contribution in [-0.2, 0) is 22.5 Å². The molecule has 1 saturated heterocycles. The van der Waals surface area contributed by atoms with Gasteiger partial charge in [0.05, 0.1) is 31.5 Å². The van der Waals surface area contributed by atoms with Gasteiger partial charge in [-0.1, -0.05) is 6.07 Å². The van der Waals surface area contributed by atoms with Crippen LogP contribution in [-0.4, -0.2) is 42.2 Å². The topological polar surface area (TPSA) is 76.6 Å². The number of morpholine rings is 1. The molecule has 4 rings (SSSR count).